The van der Waals surface area contributed by atoms with E-state index >= 15 is 0 Å². The first kappa shape index (κ1) is 11.7. The number of halogens is 1. The minimum Gasteiger partial charge on any atom is -0.444 e. The molecule has 5 heteroatoms. The van der Waals surface area contributed by atoms with Crippen LogP contribution in [0.5, 0.6) is 0 Å². The molecule has 1 atom stereocenters. The number of amides is 1. The Labute approximate surface area is 102 Å². The maximum atomic E-state index is 11.8. The van der Waals surface area contributed by atoms with Crippen molar-refractivity contribution in [1.29, 1.82) is 0 Å². The first-order valence-electron chi connectivity index (χ1n) is 5.24. The molecular weight excluding hydrogens is 274 g/mol. The largest absolute Gasteiger partial charge is 0.444 e. The number of hydrogen-bond donors (Lipinski definition) is 2. The highest BCUT2D eigenvalue weighted by Crippen LogP contribution is 2.39. The highest BCUT2D eigenvalue weighted by Gasteiger charge is 2.42. The molecule has 1 aliphatic carbocycles. The van der Waals surface area contributed by atoms with Crippen molar-refractivity contribution in [2.75, 3.05) is 6.61 Å². The minimum atomic E-state index is -0.531. The molecule has 0 spiro atoms. The van der Waals surface area contributed by atoms with Crippen LogP contribution in [-0.2, 0) is 0 Å². The van der Waals surface area contributed by atoms with E-state index in [1.807, 2.05) is 6.92 Å². The molecule has 88 valence electrons. The summed E-state index contributed by atoms with van der Waals surface area (Å²) in [5.74, 6) is 0.348. The summed E-state index contributed by atoms with van der Waals surface area (Å²) in [4.78, 5) is 11.8. The maximum absolute atomic E-state index is 11.8. The molecule has 1 saturated carbocycles. The van der Waals surface area contributed by atoms with Crippen LogP contribution in [0, 0.1) is 5.92 Å². The Kier molecular flexibility index (Phi) is 3.08. The lowest BCUT2D eigenvalue weighted by Crippen LogP contribution is -2.50. The van der Waals surface area contributed by atoms with Gasteiger partial charge in [0.05, 0.1) is 12.1 Å². The molecule has 0 bridgehead atoms. The molecule has 0 aromatic carbocycles. The van der Waals surface area contributed by atoms with Crippen molar-refractivity contribution in [2.24, 2.45) is 5.92 Å². The Morgan fingerprint density at radius 1 is 1.69 bits per heavy atom. The van der Waals surface area contributed by atoms with E-state index < -0.39 is 5.54 Å². The molecule has 2 rings (SSSR count). The molecule has 0 saturated heterocycles. The van der Waals surface area contributed by atoms with Gasteiger partial charge in [-0.1, -0.05) is 0 Å². The van der Waals surface area contributed by atoms with E-state index in [4.69, 9.17) is 4.42 Å². The van der Waals surface area contributed by atoms with Crippen molar-refractivity contribution in [3.8, 4) is 0 Å². The number of hydrogen-bond acceptors (Lipinski definition) is 3. The van der Waals surface area contributed by atoms with Crippen LogP contribution in [0.1, 0.15) is 30.3 Å². The van der Waals surface area contributed by atoms with E-state index in [2.05, 4.69) is 21.2 Å². The lowest BCUT2D eigenvalue weighted by molar-refractivity contribution is 0.0796. The second-order valence-electron chi connectivity index (χ2n) is 4.41. The van der Waals surface area contributed by atoms with Gasteiger partial charge < -0.3 is 14.8 Å². The van der Waals surface area contributed by atoms with Crippen LogP contribution in [0.2, 0.25) is 0 Å². The maximum Gasteiger partial charge on any atom is 0.287 e. The Balaban J connectivity index is 2.06. The number of carbonyl (C=O) groups is 1. The van der Waals surface area contributed by atoms with Crippen molar-refractivity contribution >= 4 is 21.8 Å². The van der Waals surface area contributed by atoms with Gasteiger partial charge in [0.15, 0.2) is 10.4 Å². The Morgan fingerprint density at radius 3 is 2.81 bits per heavy atom. The van der Waals surface area contributed by atoms with E-state index in [0.29, 0.717) is 10.6 Å². The van der Waals surface area contributed by atoms with Crippen LogP contribution in [-0.4, -0.2) is 23.2 Å². The fourth-order valence-corrected chi connectivity index (χ4v) is 2.05. The third-order valence-corrected chi connectivity index (χ3v) is 3.43. The molecule has 1 fully saturated rings. The van der Waals surface area contributed by atoms with Crippen LogP contribution in [0.3, 0.4) is 0 Å². The first-order chi connectivity index (χ1) is 7.55. The van der Waals surface area contributed by atoms with Crippen LogP contribution in [0.25, 0.3) is 0 Å². The zero-order chi connectivity index (χ0) is 11.8. The summed E-state index contributed by atoms with van der Waals surface area (Å²) < 4.78 is 5.68. The van der Waals surface area contributed by atoms with Gasteiger partial charge in [-0.2, -0.15) is 0 Å². The van der Waals surface area contributed by atoms with Crippen molar-refractivity contribution in [3.05, 3.63) is 22.6 Å². The molecule has 0 radical (unpaired) electrons. The third kappa shape index (κ3) is 2.30. The standard InChI is InChI=1S/C11H14BrNO3/c1-11(6-14,7-2-3-7)13-10(15)8-4-5-9(12)16-8/h4-5,7,14H,2-3,6H2,1H3,(H,13,15). The summed E-state index contributed by atoms with van der Waals surface area (Å²) in [6.45, 7) is 1.81. The van der Waals surface area contributed by atoms with E-state index in [0.717, 1.165) is 12.8 Å². The highest BCUT2D eigenvalue weighted by atomic mass is 79.9. The fourth-order valence-electron chi connectivity index (χ4n) is 1.75. The summed E-state index contributed by atoms with van der Waals surface area (Å²) in [7, 11) is 0. The lowest BCUT2D eigenvalue weighted by Gasteiger charge is -2.28. The quantitative estimate of drug-likeness (QED) is 0.890. The van der Waals surface area contributed by atoms with Gasteiger partial charge in [0.1, 0.15) is 0 Å². The molecule has 1 aromatic rings. The molecule has 2 N–H and O–H groups in total. The molecule has 1 unspecified atom stereocenters. The smallest absolute Gasteiger partial charge is 0.287 e. The van der Waals surface area contributed by atoms with Gasteiger partial charge in [0, 0.05) is 0 Å². The number of nitrogens with one attached hydrogen (secondary N) is 1. The second kappa shape index (κ2) is 4.22. The van der Waals surface area contributed by atoms with Gasteiger partial charge in [0.2, 0.25) is 0 Å². The molecule has 16 heavy (non-hydrogen) atoms. The van der Waals surface area contributed by atoms with E-state index in [-0.39, 0.29) is 18.3 Å². The molecule has 1 aromatic heterocycles. The predicted molar refractivity (Wildman–Crippen MR) is 62.1 cm³/mol. The second-order valence-corrected chi connectivity index (χ2v) is 5.19. The van der Waals surface area contributed by atoms with Gasteiger partial charge in [-0.3, -0.25) is 4.79 Å². The van der Waals surface area contributed by atoms with E-state index in [1.54, 1.807) is 12.1 Å². The average molecular weight is 288 g/mol. The number of aliphatic hydroxyl groups excluding tert-OH is 1. The van der Waals surface area contributed by atoms with Crippen molar-refractivity contribution in [3.63, 3.8) is 0 Å². The summed E-state index contributed by atoms with van der Waals surface area (Å²) in [6.07, 6.45) is 2.11. The third-order valence-electron chi connectivity index (χ3n) is 3.00. The van der Waals surface area contributed by atoms with Crippen LogP contribution in [0.4, 0.5) is 0 Å². The van der Waals surface area contributed by atoms with Gasteiger partial charge in [-0.15, -0.1) is 0 Å². The van der Waals surface area contributed by atoms with Gasteiger partial charge in [0.25, 0.3) is 5.91 Å². The number of furan rings is 1. The van der Waals surface area contributed by atoms with Gasteiger partial charge in [-0.05, 0) is 53.7 Å². The summed E-state index contributed by atoms with van der Waals surface area (Å²) in [6, 6.07) is 3.27. The zero-order valence-corrected chi connectivity index (χ0v) is 10.6. The van der Waals surface area contributed by atoms with Gasteiger partial charge >= 0.3 is 0 Å². The SMILES string of the molecule is CC(CO)(NC(=O)c1ccc(Br)o1)C1CC1. The Morgan fingerprint density at radius 2 is 2.38 bits per heavy atom. The Hall–Kier alpha value is -0.810. The highest BCUT2D eigenvalue weighted by molar-refractivity contribution is 9.10. The molecule has 1 heterocycles. The van der Waals surface area contributed by atoms with E-state index in [1.165, 1.54) is 0 Å². The average Bonchev–Trinajstić information content (AvgIpc) is 3.02. The molecular formula is C11H14BrNO3. The van der Waals surface area contributed by atoms with Crippen LogP contribution < -0.4 is 5.32 Å². The Bertz CT molecular complexity index is 400. The van der Waals surface area contributed by atoms with Crippen molar-refractivity contribution in [2.45, 2.75) is 25.3 Å². The summed E-state index contributed by atoms with van der Waals surface area (Å²) in [5, 5.41) is 12.2. The molecule has 1 aliphatic rings. The fraction of sp³-hybridized carbons (Fsp3) is 0.545. The minimum absolute atomic E-state index is 0.0503. The molecule has 4 nitrogen and oxygen atoms in total. The number of carbonyl (C=O) groups excluding carboxylic acids is 1. The normalized spacial score (nSPS) is 19.2. The lowest BCUT2D eigenvalue weighted by atomic mass is 9.97. The van der Waals surface area contributed by atoms with Crippen LogP contribution in [0.15, 0.2) is 21.2 Å². The zero-order valence-electron chi connectivity index (χ0n) is 9.00. The molecule has 1 amide bonds. The van der Waals surface area contributed by atoms with Crippen molar-refractivity contribution in [1.82, 2.24) is 5.32 Å². The molecule has 0 aliphatic heterocycles. The monoisotopic (exact) mass is 287 g/mol. The van der Waals surface area contributed by atoms with Crippen molar-refractivity contribution < 1.29 is 14.3 Å². The summed E-state index contributed by atoms with van der Waals surface area (Å²) >= 11 is 3.14. The number of rotatable bonds is 4. The predicted octanol–water partition coefficient (Wildman–Crippen LogP) is 1.93. The topological polar surface area (TPSA) is 62.5 Å². The number of aliphatic hydroxyl groups is 1. The first-order valence-corrected chi connectivity index (χ1v) is 6.03. The van der Waals surface area contributed by atoms with Gasteiger partial charge in [-0.25, -0.2) is 0 Å². The summed E-state index contributed by atoms with van der Waals surface area (Å²) in [5.41, 5.74) is -0.531. The van der Waals surface area contributed by atoms with Crippen LogP contribution >= 0.6 is 15.9 Å². The van der Waals surface area contributed by atoms with E-state index in [9.17, 15) is 9.90 Å².